The molecule has 0 amide bonds. The van der Waals surface area contributed by atoms with Crippen molar-refractivity contribution in [2.75, 3.05) is 51.3 Å². The average molecular weight is 448 g/mol. The van der Waals surface area contributed by atoms with Crippen LogP contribution in [0, 0.1) is 5.82 Å². The number of likely N-dealkylation sites (N-methyl/N-ethyl adjacent to an activating group) is 1. The third-order valence-electron chi connectivity index (χ3n) is 7.21. The molecule has 3 aliphatic heterocycles. The van der Waals surface area contributed by atoms with Gasteiger partial charge in [0.2, 0.25) is 0 Å². The summed E-state index contributed by atoms with van der Waals surface area (Å²) in [7, 11) is 1.96. The van der Waals surface area contributed by atoms with E-state index in [4.69, 9.17) is 9.73 Å². The van der Waals surface area contributed by atoms with Crippen LogP contribution in [0.5, 0.6) is 0 Å². The van der Waals surface area contributed by atoms with Crippen molar-refractivity contribution in [3.63, 3.8) is 0 Å². The average Bonchev–Trinajstić information content (AvgIpc) is 3.41. The van der Waals surface area contributed by atoms with Gasteiger partial charge in [-0.25, -0.2) is 9.38 Å². The van der Waals surface area contributed by atoms with Crippen LogP contribution >= 0.6 is 0 Å². The van der Waals surface area contributed by atoms with Gasteiger partial charge in [0, 0.05) is 74.4 Å². The molecular formula is C26H30FN5O. The molecule has 3 aliphatic rings. The van der Waals surface area contributed by atoms with Crippen LogP contribution in [-0.4, -0.2) is 61.7 Å². The first-order valence-corrected chi connectivity index (χ1v) is 11.9. The monoisotopic (exact) mass is 447 g/mol. The number of ether oxygens (including phenoxy) is 1. The first-order chi connectivity index (χ1) is 16.2. The molecule has 1 N–H and O–H groups in total. The lowest BCUT2D eigenvalue weighted by atomic mass is 10.0. The standard InChI is InChI=1S/C26H30FN5O/c1-28-7-9-32-24-6-8-31(17-22(24)21-5-3-19(27)15-25(21)32)20-4-2-18-14-26(29-23(18)16-20)30-10-12-33-13-11-30/h2-5,15-16,28H,6-14,17H2,1H3. The van der Waals surface area contributed by atoms with Crippen LogP contribution in [0.25, 0.3) is 10.9 Å². The van der Waals surface area contributed by atoms with Gasteiger partial charge in [0.15, 0.2) is 0 Å². The van der Waals surface area contributed by atoms with E-state index in [-0.39, 0.29) is 5.82 Å². The number of benzene rings is 2. The van der Waals surface area contributed by atoms with Crippen LogP contribution in [0.15, 0.2) is 41.4 Å². The van der Waals surface area contributed by atoms with Crippen molar-refractivity contribution in [2.45, 2.75) is 25.9 Å². The number of anilines is 1. The molecule has 4 heterocycles. The molecule has 0 unspecified atom stereocenters. The van der Waals surface area contributed by atoms with Crippen molar-refractivity contribution in [3.05, 3.63) is 59.0 Å². The first-order valence-electron chi connectivity index (χ1n) is 11.9. The van der Waals surface area contributed by atoms with Crippen molar-refractivity contribution < 1.29 is 9.13 Å². The fourth-order valence-corrected chi connectivity index (χ4v) is 5.47. The summed E-state index contributed by atoms with van der Waals surface area (Å²) >= 11 is 0. The Morgan fingerprint density at radius 2 is 1.94 bits per heavy atom. The summed E-state index contributed by atoms with van der Waals surface area (Å²) in [5, 5.41) is 4.40. The molecule has 0 radical (unpaired) electrons. The molecule has 0 spiro atoms. The van der Waals surface area contributed by atoms with E-state index in [1.807, 2.05) is 13.1 Å². The predicted molar refractivity (Wildman–Crippen MR) is 130 cm³/mol. The van der Waals surface area contributed by atoms with Gasteiger partial charge in [-0.1, -0.05) is 6.07 Å². The predicted octanol–water partition coefficient (Wildman–Crippen LogP) is 3.48. The maximum absolute atomic E-state index is 14.1. The van der Waals surface area contributed by atoms with Gasteiger partial charge in [-0.05, 0) is 42.9 Å². The summed E-state index contributed by atoms with van der Waals surface area (Å²) in [6, 6.07) is 11.9. The van der Waals surface area contributed by atoms with Gasteiger partial charge in [0.05, 0.1) is 24.4 Å². The highest BCUT2D eigenvalue weighted by atomic mass is 19.1. The molecule has 6 nitrogen and oxygen atoms in total. The van der Waals surface area contributed by atoms with Crippen molar-refractivity contribution in [3.8, 4) is 0 Å². The number of morpholine rings is 1. The minimum absolute atomic E-state index is 0.174. The second-order valence-electron chi connectivity index (χ2n) is 9.13. The fourth-order valence-electron chi connectivity index (χ4n) is 5.47. The largest absolute Gasteiger partial charge is 0.378 e. The summed E-state index contributed by atoms with van der Waals surface area (Å²) in [6.07, 6.45) is 1.86. The second kappa shape index (κ2) is 8.47. The van der Waals surface area contributed by atoms with E-state index in [1.54, 1.807) is 12.1 Å². The second-order valence-corrected chi connectivity index (χ2v) is 9.13. The van der Waals surface area contributed by atoms with Crippen LogP contribution in [0.1, 0.15) is 16.8 Å². The molecule has 0 atom stereocenters. The number of amidine groups is 1. The summed E-state index contributed by atoms with van der Waals surface area (Å²) in [4.78, 5) is 9.78. The zero-order valence-corrected chi connectivity index (χ0v) is 19.1. The Hall–Kier alpha value is -2.90. The first kappa shape index (κ1) is 20.7. The van der Waals surface area contributed by atoms with Crippen LogP contribution < -0.4 is 10.2 Å². The number of rotatable bonds is 4. The smallest absolute Gasteiger partial charge is 0.125 e. The number of aromatic nitrogens is 1. The summed E-state index contributed by atoms with van der Waals surface area (Å²) in [5.74, 6) is 0.994. The third-order valence-corrected chi connectivity index (χ3v) is 7.21. The lowest BCUT2D eigenvalue weighted by molar-refractivity contribution is 0.0675. The molecule has 33 heavy (non-hydrogen) atoms. The highest BCUT2D eigenvalue weighted by Crippen LogP contribution is 2.36. The maximum Gasteiger partial charge on any atom is 0.125 e. The fraction of sp³-hybridized carbons (Fsp3) is 0.423. The Morgan fingerprint density at radius 3 is 2.79 bits per heavy atom. The van der Waals surface area contributed by atoms with E-state index in [0.29, 0.717) is 0 Å². The number of aliphatic imine (C=N–C) groups is 1. The van der Waals surface area contributed by atoms with Crippen molar-refractivity contribution >= 4 is 28.1 Å². The Morgan fingerprint density at radius 1 is 1.06 bits per heavy atom. The van der Waals surface area contributed by atoms with Gasteiger partial charge >= 0.3 is 0 Å². The number of hydrogen-bond acceptors (Lipinski definition) is 5. The van der Waals surface area contributed by atoms with Crippen molar-refractivity contribution in [1.82, 2.24) is 14.8 Å². The van der Waals surface area contributed by atoms with E-state index >= 15 is 0 Å². The molecule has 7 heteroatoms. The van der Waals surface area contributed by atoms with E-state index < -0.39 is 0 Å². The normalized spacial score (nSPS) is 17.9. The summed E-state index contributed by atoms with van der Waals surface area (Å²) in [5.41, 5.74) is 7.28. The van der Waals surface area contributed by atoms with Gasteiger partial charge in [-0.15, -0.1) is 0 Å². The zero-order chi connectivity index (χ0) is 22.4. The van der Waals surface area contributed by atoms with Crippen LogP contribution in [0.3, 0.4) is 0 Å². The van der Waals surface area contributed by atoms with Crippen LogP contribution in [0.4, 0.5) is 15.8 Å². The number of nitrogens with one attached hydrogen (secondary N) is 1. The molecule has 6 rings (SSSR count). The Bertz CT molecular complexity index is 1230. The number of fused-ring (bicyclic) bond motifs is 4. The lowest BCUT2D eigenvalue weighted by Crippen LogP contribution is -2.40. The number of nitrogens with zero attached hydrogens (tertiary/aromatic N) is 4. The summed E-state index contributed by atoms with van der Waals surface area (Å²) in [6.45, 7) is 6.91. The van der Waals surface area contributed by atoms with Gasteiger partial charge in [-0.3, -0.25) is 0 Å². The molecule has 3 aromatic rings. The minimum Gasteiger partial charge on any atom is -0.378 e. The molecular weight excluding hydrogens is 417 g/mol. The topological polar surface area (TPSA) is 45.0 Å². The molecule has 0 saturated carbocycles. The van der Waals surface area contributed by atoms with E-state index in [2.05, 4.69) is 37.9 Å². The van der Waals surface area contributed by atoms with Crippen LogP contribution in [0.2, 0.25) is 0 Å². The summed E-state index contributed by atoms with van der Waals surface area (Å²) < 4.78 is 21.9. The molecule has 1 saturated heterocycles. The molecule has 172 valence electrons. The molecule has 0 bridgehead atoms. The van der Waals surface area contributed by atoms with Gasteiger partial charge in [-0.2, -0.15) is 0 Å². The number of halogens is 1. The zero-order valence-electron chi connectivity index (χ0n) is 19.1. The number of hydrogen-bond donors (Lipinski definition) is 1. The third kappa shape index (κ3) is 3.69. The molecule has 1 aromatic heterocycles. The Labute approximate surface area is 193 Å². The quantitative estimate of drug-likeness (QED) is 0.665. The van der Waals surface area contributed by atoms with E-state index in [0.717, 1.165) is 76.5 Å². The molecule has 1 fully saturated rings. The Kier molecular flexibility index (Phi) is 5.31. The van der Waals surface area contributed by atoms with Gasteiger partial charge in [0.1, 0.15) is 11.7 Å². The Balaban J connectivity index is 1.30. The van der Waals surface area contributed by atoms with Crippen molar-refractivity contribution in [2.24, 2.45) is 4.99 Å². The highest BCUT2D eigenvalue weighted by Gasteiger charge is 2.26. The van der Waals surface area contributed by atoms with Crippen LogP contribution in [-0.2, 0) is 30.7 Å². The minimum atomic E-state index is -0.174. The lowest BCUT2D eigenvalue weighted by Gasteiger charge is -2.30. The van der Waals surface area contributed by atoms with Gasteiger partial charge < -0.3 is 24.4 Å². The van der Waals surface area contributed by atoms with E-state index in [1.165, 1.54) is 33.7 Å². The molecule has 0 aliphatic carbocycles. The highest BCUT2D eigenvalue weighted by molar-refractivity contribution is 5.93. The molecule has 2 aromatic carbocycles. The van der Waals surface area contributed by atoms with Gasteiger partial charge in [0.25, 0.3) is 0 Å². The van der Waals surface area contributed by atoms with E-state index in [9.17, 15) is 4.39 Å². The SMILES string of the molecule is CNCCn1c2c(c3ccc(F)cc31)CN(c1ccc3c(c1)N=C(N1CCOCC1)C3)CC2. The van der Waals surface area contributed by atoms with Crippen molar-refractivity contribution in [1.29, 1.82) is 0 Å². The maximum atomic E-state index is 14.1.